The van der Waals surface area contributed by atoms with E-state index in [1.807, 2.05) is 6.07 Å². The molecule has 0 spiro atoms. The SMILES string of the molecule is O=CCc1ccc2c(c1)NCC=C2C(=O)O. The van der Waals surface area contributed by atoms with Crippen LogP contribution in [0.1, 0.15) is 11.1 Å². The van der Waals surface area contributed by atoms with Crippen molar-refractivity contribution < 1.29 is 14.7 Å². The molecule has 82 valence electrons. The molecule has 0 atom stereocenters. The van der Waals surface area contributed by atoms with Crippen molar-refractivity contribution in [3.05, 3.63) is 35.4 Å². The van der Waals surface area contributed by atoms with E-state index in [1.54, 1.807) is 18.2 Å². The van der Waals surface area contributed by atoms with Gasteiger partial charge in [-0.3, -0.25) is 0 Å². The van der Waals surface area contributed by atoms with Crippen LogP contribution in [0.2, 0.25) is 0 Å². The second-order valence-electron chi connectivity index (χ2n) is 3.55. The van der Waals surface area contributed by atoms with Crippen LogP contribution in [-0.4, -0.2) is 23.9 Å². The van der Waals surface area contributed by atoms with E-state index in [0.29, 0.717) is 24.1 Å². The summed E-state index contributed by atoms with van der Waals surface area (Å²) in [4.78, 5) is 21.4. The van der Waals surface area contributed by atoms with Crippen LogP contribution in [0.3, 0.4) is 0 Å². The predicted octanol–water partition coefficient (Wildman–Crippen LogP) is 1.32. The zero-order valence-electron chi connectivity index (χ0n) is 8.56. The van der Waals surface area contributed by atoms with Gasteiger partial charge in [-0.25, -0.2) is 4.79 Å². The van der Waals surface area contributed by atoms with Crippen molar-refractivity contribution in [2.45, 2.75) is 6.42 Å². The minimum Gasteiger partial charge on any atom is -0.478 e. The minimum absolute atomic E-state index is 0.311. The molecule has 0 bridgehead atoms. The fourth-order valence-electron chi connectivity index (χ4n) is 1.77. The number of anilines is 1. The number of rotatable bonds is 3. The lowest BCUT2D eigenvalue weighted by Crippen LogP contribution is -2.13. The van der Waals surface area contributed by atoms with Crippen molar-refractivity contribution in [1.82, 2.24) is 0 Å². The highest BCUT2D eigenvalue weighted by molar-refractivity contribution is 6.17. The Kier molecular flexibility index (Phi) is 2.72. The Bertz CT molecular complexity index is 477. The number of carbonyl (C=O) groups is 2. The van der Waals surface area contributed by atoms with Gasteiger partial charge >= 0.3 is 5.97 Å². The van der Waals surface area contributed by atoms with Gasteiger partial charge in [0.05, 0.1) is 5.57 Å². The summed E-state index contributed by atoms with van der Waals surface area (Å²) in [5.41, 5.74) is 2.65. The first-order chi connectivity index (χ1) is 7.72. The van der Waals surface area contributed by atoms with Crippen LogP contribution in [0, 0.1) is 0 Å². The molecule has 1 aliphatic heterocycles. The standard InChI is InChI=1S/C12H11NO3/c14-6-4-8-1-2-9-10(12(15)16)3-5-13-11(9)7-8/h1-3,6-7,13H,4-5H2,(H,15,16). The summed E-state index contributed by atoms with van der Waals surface area (Å²) in [6.07, 6.45) is 2.82. The van der Waals surface area contributed by atoms with Gasteiger partial charge in [0.2, 0.25) is 0 Å². The van der Waals surface area contributed by atoms with E-state index in [4.69, 9.17) is 5.11 Å². The summed E-state index contributed by atoms with van der Waals surface area (Å²) in [5.74, 6) is -0.925. The maximum Gasteiger partial charge on any atom is 0.336 e. The fraction of sp³-hybridized carbons (Fsp3) is 0.167. The van der Waals surface area contributed by atoms with Crippen molar-refractivity contribution in [3.63, 3.8) is 0 Å². The Labute approximate surface area is 92.6 Å². The van der Waals surface area contributed by atoms with E-state index < -0.39 is 5.97 Å². The predicted molar refractivity (Wildman–Crippen MR) is 60.3 cm³/mol. The lowest BCUT2D eigenvalue weighted by Gasteiger charge is -2.17. The molecular weight excluding hydrogens is 206 g/mol. The molecule has 1 aliphatic rings. The second-order valence-corrected chi connectivity index (χ2v) is 3.55. The number of nitrogens with one attached hydrogen (secondary N) is 1. The number of hydrogen-bond donors (Lipinski definition) is 2. The molecule has 0 fully saturated rings. The van der Waals surface area contributed by atoms with Gasteiger partial charge in [-0.05, 0) is 11.6 Å². The second kappa shape index (κ2) is 4.18. The summed E-state index contributed by atoms with van der Waals surface area (Å²) in [6, 6.07) is 5.33. The maximum absolute atomic E-state index is 11.0. The molecule has 0 unspecified atom stereocenters. The number of carboxylic acid groups (broad SMARTS) is 1. The summed E-state index contributed by atoms with van der Waals surface area (Å²) < 4.78 is 0. The number of benzene rings is 1. The molecule has 0 amide bonds. The average molecular weight is 217 g/mol. The first-order valence-corrected chi connectivity index (χ1v) is 4.96. The maximum atomic E-state index is 11.0. The van der Waals surface area contributed by atoms with Gasteiger partial charge in [0, 0.05) is 24.2 Å². The van der Waals surface area contributed by atoms with Gasteiger partial charge in [0.1, 0.15) is 6.29 Å². The normalized spacial score (nSPS) is 13.4. The van der Waals surface area contributed by atoms with Crippen molar-refractivity contribution in [3.8, 4) is 0 Å². The molecule has 0 saturated carbocycles. The first-order valence-electron chi connectivity index (χ1n) is 4.96. The van der Waals surface area contributed by atoms with E-state index in [1.165, 1.54) is 0 Å². The van der Waals surface area contributed by atoms with Crippen LogP contribution in [0.25, 0.3) is 5.57 Å². The van der Waals surface area contributed by atoms with E-state index in [0.717, 1.165) is 17.5 Å². The van der Waals surface area contributed by atoms with Gasteiger partial charge in [-0.15, -0.1) is 0 Å². The molecule has 4 nitrogen and oxygen atoms in total. The highest BCUT2D eigenvalue weighted by atomic mass is 16.4. The Balaban J connectivity index is 2.43. The van der Waals surface area contributed by atoms with Crippen molar-refractivity contribution in [2.75, 3.05) is 11.9 Å². The third-order valence-corrected chi connectivity index (χ3v) is 2.52. The number of aliphatic carboxylic acids is 1. The zero-order chi connectivity index (χ0) is 11.5. The molecule has 2 rings (SSSR count). The van der Waals surface area contributed by atoms with E-state index in [9.17, 15) is 9.59 Å². The Morgan fingerprint density at radius 3 is 3.00 bits per heavy atom. The molecule has 2 N–H and O–H groups in total. The van der Waals surface area contributed by atoms with Gasteiger partial charge in [-0.2, -0.15) is 0 Å². The van der Waals surface area contributed by atoms with Crippen LogP contribution in [0.5, 0.6) is 0 Å². The van der Waals surface area contributed by atoms with Gasteiger partial charge in [0.15, 0.2) is 0 Å². The summed E-state index contributed by atoms with van der Waals surface area (Å²) in [5, 5.41) is 12.1. The molecule has 0 aliphatic carbocycles. The lowest BCUT2D eigenvalue weighted by atomic mass is 9.98. The lowest BCUT2D eigenvalue weighted by molar-refractivity contribution is -0.130. The number of carbonyl (C=O) groups excluding carboxylic acids is 1. The van der Waals surface area contributed by atoms with Gasteiger partial charge < -0.3 is 15.2 Å². The average Bonchev–Trinajstić information content (AvgIpc) is 2.28. The molecule has 0 aromatic heterocycles. The minimum atomic E-state index is -0.925. The van der Waals surface area contributed by atoms with Gasteiger partial charge in [0.25, 0.3) is 0 Å². The van der Waals surface area contributed by atoms with Crippen LogP contribution in [0.15, 0.2) is 24.3 Å². The number of fused-ring (bicyclic) bond motifs is 1. The molecule has 1 aromatic carbocycles. The molecule has 1 aromatic rings. The van der Waals surface area contributed by atoms with E-state index in [2.05, 4.69) is 5.32 Å². The molecule has 0 saturated heterocycles. The van der Waals surface area contributed by atoms with E-state index in [-0.39, 0.29) is 0 Å². The van der Waals surface area contributed by atoms with Crippen LogP contribution < -0.4 is 5.32 Å². The topological polar surface area (TPSA) is 66.4 Å². The number of hydrogen-bond acceptors (Lipinski definition) is 3. The zero-order valence-corrected chi connectivity index (χ0v) is 8.56. The third-order valence-electron chi connectivity index (χ3n) is 2.52. The summed E-state index contributed by atoms with van der Waals surface area (Å²) in [7, 11) is 0. The summed E-state index contributed by atoms with van der Waals surface area (Å²) in [6.45, 7) is 0.499. The molecule has 0 radical (unpaired) electrons. The van der Waals surface area contributed by atoms with E-state index >= 15 is 0 Å². The van der Waals surface area contributed by atoms with Crippen LogP contribution in [0.4, 0.5) is 5.69 Å². The Morgan fingerprint density at radius 2 is 2.31 bits per heavy atom. The molecule has 16 heavy (non-hydrogen) atoms. The monoisotopic (exact) mass is 217 g/mol. The number of carboxylic acids is 1. The highest BCUT2D eigenvalue weighted by Crippen LogP contribution is 2.28. The van der Waals surface area contributed by atoms with Crippen LogP contribution >= 0.6 is 0 Å². The fourth-order valence-corrected chi connectivity index (χ4v) is 1.77. The quantitative estimate of drug-likeness (QED) is 0.749. The van der Waals surface area contributed by atoms with Gasteiger partial charge in [-0.1, -0.05) is 18.2 Å². The van der Waals surface area contributed by atoms with Crippen molar-refractivity contribution in [2.24, 2.45) is 0 Å². The third kappa shape index (κ3) is 1.82. The first kappa shape index (κ1) is 10.4. The highest BCUT2D eigenvalue weighted by Gasteiger charge is 2.17. The van der Waals surface area contributed by atoms with Crippen molar-refractivity contribution in [1.29, 1.82) is 0 Å². The van der Waals surface area contributed by atoms with Crippen LogP contribution in [-0.2, 0) is 16.0 Å². The van der Waals surface area contributed by atoms with Crippen molar-refractivity contribution >= 4 is 23.5 Å². The molecule has 1 heterocycles. The Morgan fingerprint density at radius 1 is 1.50 bits per heavy atom. The largest absolute Gasteiger partial charge is 0.478 e. The molecular formula is C12H11NO3. The summed E-state index contributed by atoms with van der Waals surface area (Å²) >= 11 is 0. The smallest absolute Gasteiger partial charge is 0.336 e. The number of aldehydes is 1. The Hall–Kier alpha value is -2.10. The molecule has 4 heteroatoms.